The van der Waals surface area contributed by atoms with Crippen molar-refractivity contribution in [3.63, 3.8) is 0 Å². The highest BCUT2D eigenvalue weighted by molar-refractivity contribution is 5.83. The average Bonchev–Trinajstić information content (AvgIpc) is 3.41. The molecule has 1 aliphatic rings. The van der Waals surface area contributed by atoms with Gasteiger partial charge in [-0.25, -0.2) is 9.67 Å². The van der Waals surface area contributed by atoms with Gasteiger partial charge < -0.3 is 14.4 Å². The zero-order valence-corrected chi connectivity index (χ0v) is 21.1. The highest BCUT2D eigenvalue weighted by atomic mass is 16.5. The predicted octanol–water partition coefficient (Wildman–Crippen LogP) is 4.51. The molecule has 0 spiro atoms. The monoisotopic (exact) mass is 487 g/mol. The molecule has 5 rings (SSSR count). The van der Waals surface area contributed by atoms with Crippen LogP contribution in [0.1, 0.15) is 43.5 Å². The molecule has 0 aliphatic carbocycles. The molecule has 2 unspecified atom stereocenters. The van der Waals surface area contributed by atoms with E-state index < -0.39 is 0 Å². The van der Waals surface area contributed by atoms with Crippen molar-refractivity contribution in [1.29, 1.82) is 0 Å². The van der Waals surface area contributed by atoms with Gasteiger partial charge in [0.05, 0.1) is 36.6 Å². The van der Waals surface area contributed by atoms with Crippen LogP contribution in [0.2, 0.25) is 0 Å². The highest BCUT2D eigenvalue weighted by Crippen LogP contribution is 2.28. The maximum atomic E-state index is 13.8. The third kappa shape index (κ3) is 5.05. The first-order chi connectivity index (χ1) is 17.5. The summed E-state index contributed by atoms with van der Waals surface area (Å²) in [6.07, 6.45) is 9.46. The summed E-state index contributed by atoms with van der Waals surface area (Å²) in [6.45, 7) is 1.60. The summed E-state index contributed by atoms with van der Waals surface area (Å²) in [4.78, 5) is 20.6. The van der Waals surface area contributed by atoms with Crippen molar-refractivity contribution in [2.45, 2.75) is 38.0 Å². The minimum Gasteiger partial charge on any atom is -0.497 e. The van der Waals surface area contributed by atoms with Crippen LogP contribution in [0.3, 0.4) is 0 Å². The highest BCUT2D eigenvalue weighted by Gasteiger charge is 2.20. The maximum absolute atomic E-state index is 13.8. The van der Waals surface area contributed by atoms with E-state index in [4.69, 9.17) is 9.47 Å². The molecule has 2 atom stereocenters. The minimum atomic E-state index is -0.165. The summed E-state index contributed by atoms with van der Waals surface area (Å²) in [7, 11) is 5.73. The second-order valence-corrected chi connectivity index (χ2v) is 9.60. The van der Waals surface area contributed by atoms with E-state index in [0.29, 0.717) is 10.9 Å². The van der Waals surface area contributed by atoms with Crippen molar-refractivity contribution in [3.05, 3.63) is 77.1 Å². The van der Waals surface area contributed by atoms with Crippen molar-refractivity contribution in [2.75, 3.05) is 34.4 Å². The number of hydrogen-bond acceptors (Lipinski definition) is 6. The predicted molar refractivity (Wildman–Crippen MR) is 140 cm³/mol. The number of fused-ring (bicyclic) bond motifs is 1. The van der Waals surface area contributed by atoms with Gasteiger partial charge in [0.2, 0.25) is 0 Å². The SMILES string of the molecule is COc1cccc(C(CCN(C)C)n2cnc3ccc(-c4cnn(C5CCCCO5)c4)cc3c2=O)c1. The smallest absolute Gasteiger partial charge is 0.261 e. The lowest BCUT2D eigenvalue weighted by atomic mass is 10.0. The number of aromatic nitrogens is 4. The van der Waals surface area contributed by atoms with E-state index in [1.807, 2.05) is 73.6 Å². The molecular formula is C28H33N5O3. The number of rotatable bonds is 8. The van der Waals surface area contributed by atoms with Gasteiger partial charge in [-0.3, -0.25) is 9.36 Å². The van der Waals surface area contributed by atoms with Crippen molar-refractivity contribution in [2.24, 2.45) is 0 Å². The largest absolute Gasteiger partial charge is 0.497 e. The lowest BCUT2D eigenvalue weighted by molar-refractivity contribution is -0.0394. The van der Waals surface area contributed by atoms with Crippen molar-refractivity contribution in [3.8, 4) is 16.9 Å². The van der Waals surface area contributed by atoms with E-state index in [0.717, 1.165) is 61.3 Å². The van der Waals surface area contributed by atoms with E-state index in [-0.39, 0.29) is 17.8 Å². The third-order valence-electron chi connectivity index (χ3n) is 6.83. The minimum absolute atomic E-state index is 0.0211. The third-order valence-corrected chi connectivity index (χ3v) is 6.83. The fourth-order valence-electron chi connectivity index (χ4n) is 4.81. The molecule has 188 valence electrons. The van der Waals surface area contributed by atoms with Crippen LogP contribution >= 0.6 is 0 Å². The van der Waals surface area contributed by atoms with E-state index in [1.54, 1.807) is 18.0 Å². The zero-order chi connectivity index (χ0) is 25.1. The van der Waals surface area contributed by atoms with Gasteiger partial charge in [0, 0.05) is 18.4 Å². The molecule has 2 aromatic heterocycles. The van der Waals surface area contributed by atoms with Crippen LogP contribution in [0.4, 0.5) is 0 Å². The second-order valence-electron chi connectivity index (χ2n) is 9.60. The molecule has 2 aromatic carbocycles. The van der Waals surface area contributed by atoms with Crippen molar-refractivity contribution in [1.82, 2.24) is 24.2 Å². The molecule has 8 nitrogen and oxygen atoms in total. The Hall–Kier alpha value is -3.49. The lowest BCUT2D eigenvalue weighted by Crippen LogP contribution is -2.28. The van der Waals surface area contributed by atoms with E-state index >= 15 is 0 Å². The molecule has 8 heteroatoms. The van der Waals surface area contributed by atoms with Gasteiger partial charge in [-0.15, -0.1) is 0 Å². The fourth-order valence-corrected chi connectivity index (χ4v) is 4.81. The summed E-state index contributed by atoms with van der Waals surface area (Å²) < 4.78 is 15.0. The Morgan fingerprint density at radius 2 is 2.06 bits per heavy atom. The van der Waals surface area contributed by atoms with Gasteiger partial charge in [0.15, 0.2) is 0 Å². The van der Waals surface area contributed by atoms with Gasteiger partial charge in [0.1, 0.15) is 12.0 Å². The fraction of sp³-hybridized carbons (Fsp3) is 0.393. The Morgan fingerprint density at radius 1 is 1.17 bits per heavy atom. The molecule has 0 saturated carbocycles. The van der Waals surface area contributed by atoms with Crippen LogP contribution in [0, 0.1) is 0 Å². The van der Waals surface area contributed by atoms with Crippen LogP contribution in [0.25, 0.3) is 22.0 Å². The molecule has 0 radical (unpaired) electrons. The van der Waals surface area contributed by atoms with Gasteiger partial charge in [-0.1, -0.05) is 18.2 Å². The summed E-state index contributed by atoms with van der Waals surface area (Å²) in [5.74, 6) is 0.769. The van der Waals surface area contributed by atoms with Crippen LogP contribution in [0.5, 0.6) is 5.75 Å². The Morgan fingerprint density at radius 3 is 2.83 bits per heavy atom. The van der Waals surface area contributed by atoms with Crippen LogP contribution in [-0.4, -0.2) is 58.6 Å². The Kier molecular flexibility index (Phi) is 7.16. The Balaban J connectivity index is 1.53. The Bertz CT molecular complexity index is 1390. The quantitative estimate of drug-likeness (QED) is 0.364. The lowest BCUT2D eigenvalue weighted by Gasteiger charge is -2.23. The van der Waals surface area contributed by atoms with Crippen LogP contribution in [0.15, 0.2) is 66.0 Å². The van der Waals surface area contributed by atoms with Crippen molar-refractivity contribution < 1.29 is 9.47 Å². The summed E-state index contributed by atoms with van der Waals surface area (Å²) in [6, 6.07) is 13.6. The van der Waals surface area contributed by atoms with Gasteiger partial charge in [0.25, 0.3) is 5.56 Å². The second kappa shape index (κ2) is 10.6. The average molecular weight is 488 g/mol. The topological polar surface area (TPSA) is 74.4 Å². The first-order valence-corrected chi connectivity index (χ1v) is 12.5. The maximum Gasteiger partial charge on any atom is 0.261 e. The first kappa shape index (κ1) is 24.2. The van der Waals surface area contributed by atoms with E-state index in [2.05, 4.69) is 15.0 Å². The summed E-state index contributed by atoms with van der Waals surface area (Å²) >= 11 is 0. The molecular weight excluding hydrogens is 454 g/mol. The summed E-state index contributed by atoms with van der Waals surface area (Å²) in [5.41, 5.74) is 3.53. The number of ether oxygens (including phenoxy) is 2. The van der Waals surface area contributed by atoms with Crippen LogP contribution in [-0.2, 0) is 4.74 Å². The molecule has 0 bridgehead atoms. The molecule has 1 aliphatic heterocycles. The van der Waals surface area contributed by atoms with Gasteiger partial charge >= 0.3 is 0 Å². The molecule has 36 heavy (non-hydrogen) atoms. The molecule has 0 amide bonds. The number of benzene rings is 2. The number of hydrogen-bond donors (Lipinski definition) is 0. The zero-order valence-electron chi connectivity index (χ0n) is 21.1. The molecule has 4 aromatic rings. The molecule has 3 heterocycles. The summed E-state index contributed by atoms with van der Waals surface area (Å²) in [5, 5.41) is 5.13. The standard InChI is InChI=1S/C28H33N5O3/c1-31(2)13-12-26(21-7-6-8-23(15-21)35-3)32-19-29-25-11-10-20(16-24(25)28(32)34)22-17-30-33(18-22)27-9-4-5-14-36-27/h6-8,10-11,15-19,26-27H,4-5,9,12-14H2,1-3H3. The normalized spacial score (nSPS) is 16.9. The first-order valence-electron chi connectivity index (χ1n) is 12.5. The van der Waals surface area contributed by atoms with E-state index in [9.17, 15) is 4.79 Å². The van der Waals surface area contributed by atoms with Crippen LogP contribution < -0.4 is 10.3 Å². The van der Waals surface area contributed by atoms with E-state index in [1.165, 1.54) is 0 Å². The Labute approximate surface area is 211 Å². The van der Waals surface area contributed by atoms with Crippen molar-refractivity contribution >= 4 is 10.9 Å². The number of nitrogens with zero attached hydrogens (tertiary/aromatic N) is 5. The number of methoxy groups -OCH3 is 1. The molecule has 1 fully saturated rings. The van der Waals surface area contributed by atoms with Gasteiger partial charge in [-0.2, -0.15) is 5.10 Å². The van der Waals surface area contributed by atoms with Gasteiger partial charge in [-0.05, 0) is 81.7 Å². The molecule has 1 saturated heterocycles. The molecule has 0 N–H and O–H groups in total.